The fraction of sp³-hybridized carbons (Fsp3) is 0.588. The first-order chi connectivity index (χ1) is 10.3. The molecule has 1 aliphatic rings. The van der Waals surface area contributed by atoms with Crippen LogP contribution in [-0.2, 0) is 4.84 Å². The summed E-state index contributed by atoms with van der Waals surface area (Å²) in [6, 6.07) is 10.6. The van der Waals surface area contributed by atoms with E-state index in [-0.39, 0.29) is 6.17 Å². The van der Waals surface area contributed by atoms with Crippen molar-refractivity contribution in [2.24, 2.45) is 4.99 Å². The van der Waals surface area contributed by atoms with Crippen molar-refractivity contribution < 1.29 is 4.84 Å². The first-order valence-corrected chi connectivity index (χ1v) is 8.07. The van der Waals surface area contributed by atoms with Gasteiger partial charge in [0, 0.05) is 25.4 Å². The third-order valence-electron chi connectivity index (χ3n) is 3.90. The van der Waals surface area contributed by atoms with Crippen LogP contribution in [0.4, 0.5) is 0 Å². The third kappa shape index (κ3) is 4.05. The van der Waals surface area contributed by atoms with Gasteiger partial charge in [-0.1, -0.05) is 44.2 Å². The lowest BCUT2D eigenvalue weighted by atomic mass is 9.93. The van der Waals surface area contributed by atoms with Gasteiger partial charge in [0.05, 0.1) is 0 Å². The van der Waals surface area contributed by atoms with Crippen molar-refractivity contribution >= 4 is 5.90 Å². The van der Waals surface area contributed by atoms with E-state index in [0.29, 0.717) is 5.92 Å². The molecule has 2 rings (SSSR count). The van der Waals surface area contributed by atoms with Gasteiger partial charge in [0.25, 0.3) is 0 Å². The van der Waals surface area contributed by atoms with E-state index in [9.17, 15) is 0 Å². The van der Waals surface area contributed by atoms with Crippen molar-refractivity contribution in [2.75, 3.05) is 19.6 Å². The van der Waals surface area contributed by atoms with Crippen LogP contribution < -0.4 is 5.32 Å². The van der Waals surface area contributed by atoms with Crippen LogP contribution in [0.25, 0.3) is 0 Å². The molecular weight excluding hydrogens is 262 g/mol. The molecule has 0 bridgehead atoms. The maximum atomic E-state index is 5.92. The minimum Gasteiger partial charge on any atom is -0.389 e. The van der Waals surface area contributed by atoms with Crippen molar-refractivity contribution in [2.45, 2.75) is 45.7 Å². The predicted octanol–water partition coefficient (Wildman–Crippen LogP) is 3.17. The molecule has 1 aliphatic heterocycles. The molecule has 0 aliphatic carbocycles. The molecule has 1 N–H and O–H groups in total. The Morgan fingerprint density at radius 3 is 2.62 bits per heavy atom. The lowest BCUT2D eigenvalue weighted by Crippen LogP contribution is -2.34. The van der Waals surface area contributed by atoms with Crippen LogP contribution >= 0.6 is 0 Å². The lowest BCUT2D eigenvalue weighted by Gasteiger charge is -2.26. The van der Waals surface area contributed by atoms with Gasteiger partial charge in [-0.15, -0.1) is 5.06 Å². The summed E-state index contributed by atoms with van der Waals surface area (Å²) in [5.41, 5.74) is 1.34. The van der Waals surface area contributed by atoms with Gasteiger partial charge >= 0.3 is 0 Å². The number of nitrogens with zero attached hydrogens (tertiary/aromatic N) is 2. The smallest absolute Gasteiger partial charge is 0.212 e. The highest BCUT2D eigenvalue weighted by atomic mass is 16.7. The van der Waals surface area contributed by atoms with E-state index in [1.54, 1.807) is 0 Å². The molecule has 1 aromatic rings. The van der Waals surface area contributed by atoms with Gasteiger partial charge < -0.3 is 10.2 Å². The Morgan fingerprint density at radius 1 is 1.24 bits per heavy atom. The minimum absolute atomic E-state index is 0.0963. The second-order valence-corrected chi connectivity index (χ2v) is 5.29. The standard InChI is InChI=1S/C17H27N3O/c1-4-15(14-10-8-7-9-11-14)17-19-16(12-13-18-5-2)21-20(17)6-3/h7-11,15,17-18H,4-6,12-13H2,1-3H3/t15-,17-/m1/s1. The van der Waals surface area contributed by atoms with E-state index in [2.05, 4.69) is 56.4 Å². The Kier molecular flexibility index (Phi) is 6.21. The van der Waals surface area contributed by atoms with Gasteiger partial charge in [-0.3, -0.25) is 0 Å². The topological polar surface area (TPSA) is 36.9 Å². The molecule has 0 fully saturated rings. The van der Waals surface area contributed by atoms with Crippen molar-refractivity contribution in [1.29, 1.82) is 0 Å². The maximum Gasteiger partial charge on any atom is 0.212 e. The van der Waals surface area contributed by atoms with Crippen LogP contribution in [0, 0.1) is 0 Å². The molecule has 0 unspecified atom stereocenters. The van der Waals surface area contributed by atoms with Gasteiger partial charge in [0.2, 0.25) is 5.90 Å². The number of hydrogen-bond donors (Lipinski definition) is 1. The number of nitrogens with one attached hydrogen (secondary N) is 1. The number of benzene rings is 1. The molecule has 116 valence electrons. The van der Waals surface area contributed by atoms with Crippen LogP contribution in [0.2, 0.25) is 0 Å². The summed E-state index contributed by atoms with van der Waals surface area (Å²) in [7, 11) is 0. The molecule has 4 heteroatoms. The zero-order valence-corrected chi connectivity index (χ0v) is 13.4. The van der Waals surface area contributed by atoms with Crippen LogP contribution in [0.5, 0.6) is 0 Å². The molecule has 4 nitrogen and oxygen atoms in total. The molecule has 0 spiro atoms. The maximum absolute atomic E-state index is 5.92. The molecule has 0 saturated carbocycles. The quantitative estimate of drug-likeness (QED) is 0.747. The molecule has 2 atom stereocenters. The highest BCUT2D eigenvalue weighted by Crippen LogP contribution is 2.31. The van der Waals surface area contributed by atoms with E-state index in [1.807, 2.05) is 5.06 Å². The average Bonchev–Trinajstić information content (AvgIpc) is 2.92. The molecule has 1 heterocycles. The fourth-order valence-electron chi connectivity index (χ4n) is 2.77. The Hall–Kier alpha value is -1.39. The lowest BCUT2D eigenvalue weighted by molar-refractivity contribution is -0.0873. The van der Waals surface area contributed by atoms with Gasteiger partial charge in [-0.2, -0.15) is 0 Å². The van der Waals surface area contributed by atoms with Crippen molar-refractivity contribution in [1.82, 2.24) is 10.4 Å². The first kappa shape index (κ1) is 16.0. The van der Waals surface area contributed by atoms with E-state index in [0.717, 1.165) is 38.4 Å². The van der Waals surface area contributed by atoms with Crippen molar-refractivity contribution in [3.8, 4) is 0 Å². The summed E-state index contributed by atoms with van der Waals surface area (Å²) in [6.07, 6.45) is 2.00. The van der Waals surface area contributed by atoms with Gasteiger partial charge in [0.15, 0.2) is 0 Å². The number of hydrogen-bond acceptors (Lipinski definition) is 4. The second-order valence-electron chi connectivity index (χ2n) is 5.29. The Balaban J connectivity index is 2.10. The SMILES string of the molecule is CCNCCC1=N[C@@H]([C@H](CC)c2ccccc2)N(CC)O1. The van der Waals surface area contributed by atoms with Crippen molar-refractivity contribution in [3.05, 3.63) is 35.9 Å². The highest BCUT2D eigenvalue weighted by Gasteiger charge is 2.33. The van der Waals surface area contributed by atoms with Crippen LogP contribution in [-0.4, -0.2) is 36.8 Å². The Labute approximate surface area is 128 Å². The largest absolute Gasteiger partial charge is 0.389 e. The third-order valence-corrected chi connectivity index (χ3v) is 3.90. The van der Waals surface area contributed by atoms with Crippen LogP contribution in [0.1, 0.15) is 45.1 Å². The second kappa shape index (κ2) is 8.15. The molecule has 0 saturated heterocycles. The predicted molar refractivity (Wildman–Crippen MR) is 87.3 cm³/mol. The zero-order valence-electron chi connectivity index (χ0n) is 13.4. The molecule has 0 radical (unpaired) electrons. The number of likely N-dealkylation sites (N-methyl/N-ethyl adjacent to an activating group) is 1. The van der Waals surface area contributed by atoms with Gasteiger partial charge in [-0.05, 0) is 25.5 Å². The fourth-order valence-corrected chi connectivity index (χ4v) is 2.77. The number of aliphatic imine (C=N–C) groups is 1. The van der Waals surface area contributed by atoms with Crippen LogP contribution in [0.3, 0.4) is 0 Å². The first-order valence-electron chi connectivity index (χ1n) is 8.07. The molecule has 21 heavy (non-hydrogen) atoms. The Bertz CT molecular complexity index is 447. The average molecular weight is 289 g/mol. The number of rotatable bonds is 8. The minimum atomic E-state index is 0.0963. The normalized spacial score (nSPS) is 20.1. The molecule has 0 aromatic heterocycles. The summed E-state index contributed by atoms with van der Waals surface area (Å²) < 4.78 is 0. The molecule has 1 aromatic carbocycles. The summed E-state index contributed by atoms with van der Waals surface area (Å²) in [5.74, 6) is 1.24. The van der Waals surface area contributed by atoms with E-state index in [1.165, 1.54) is 5.56 Å². The van der Waals surface area contributed by atoms with E-state index < -0.39 is 0 Å². The Morgan fingerprint density at radius 2 is 2.00 bits per heavy atom. The monoisotopic (exact) mass is 289 g/mol. The summed E-state index contributed by atoms with van der Waals surface area (Å²) >= 11 is 0. The zero-order chi connectivity index (χ0) is 15.1. The van der Waals surface area contributed by atoms with Crippen LogP contribution in [0.15, 0.2) is 35.3 Å². The van der Waals surface area contributed by atoms with E-state index >= 15 is 0 Å². The van der Waals surface area contributed by atoms with Gasteiger partial charge in [-0.25, -0.2) is 4.99 Å². The van der Waals surface area contributed by atoms with E-state index in [4.69, 9.17) is 9.83 Å². The van der Waals surface area contributed by atoms with Gasteiger partial charge in [0.1, 0.15) is 6.17 Å². The number of hydroxylamine groups is 2. The highest BCUT2D eigenvalue weighted by molar-refractivity contribution is 5.77. The summed E-state index contributed by atoms with van der Waals surface area (Å²) in [6.45, 7) is 9.20. The van der Waals surface area contributed by atoms with Crippen molar-refractivity contribution in [3.63, 3.8) is 0 Å². The summed E-state index contributed by atoms with van der Waals surface area (Å²) in [5, 5.41) is 5.33. The molecule has 0 amide bonds. The molecular formula is C17H27N3O. The summed E-state index contributed by atoms with van der Waals surface area (Å²) in [4.78, 5) is 10.8.